The summed E-state index contributed by atoms with van der Waals surface area (Å²) in [6.07, 6.45) is 0. The van der Waals surface area contributed by atoms with E-state index in [0.29, 0.717) is 0 Å². The number of rotatable bonds is 5. The van der Waals surface area contributed by atoms with Crippen LogP contribution in [0.15, 0.2) is 182 Å². The highest BCUT2D eigenvalue weighted by Gasteiger charge is 2.19. The molecule has 0 aliphatic rings. The standard InChI is InChI=1S/C44H30/c1-4-14-31(15-5-1)33-24-26-35(27-25-33)43-39-22-12-13-23-40(39)44(38-21-11-10-20-37(38)34-18-8-3-9-19-34)42-30-36(28-29-41(42)43)32-16-6-2-7-17-32/h1-30H. The van der Waals surface area contributed by atoms with Gasteiger partial charge in [-0.05, 0) is 83.2 Å². The molecule has 0 fully saturated rings. The first-order valence-corrected chi connectivity index (χ1v) is 15.2. The molecule has 8 rings (SSSR count). The van der Waals surface area contributed by atoms with E-state index in [4.69, 9.17) is 0 Å². The van der Waals surface area contributed by atoms with Crippen LogP contribution in [0.1, 0.15) is 0 Å². The van der Waals surface area contributed by atoms with Crippen molar-refractivity contribution in [1.82, 2.24) is 0 Å². The minimum absolute atomic E-state index is 1.22. The van der Waals surface area contributed by atoms with Crippen molar-refractivity contribution in [3.63, 3.8) is 0 Å². The number of hydrogen-bond acceptors (Lipinski definition) is 0. The lowest BCUT2D eigenvalue weighted by Crippen LogP contribution is -1.93. The number of benzene rings is 8. The molecular formula is C44H30. The molecule has 0 bridgehead atoms. The summed E-state index contributed by atoms with van der Waals surface area (Å²) >= 11 is 0. The van der Waals surface area contributed by atoms with E-state index in [1.54, 1.807) is 0 Å². The summed E-state index contributed by atoms with van der Waals surface area (Å²) < 4.78 is 0. The molecule has 0 N–H and O–H groups in total. The van der Waals surface area contributed by atoms with E-state index < -0.39 is 0 Å². The molecule has 0 aromatic heterocycles. The highest BCUT2D eigenvalue weighted by atomic mass is 14.2. The van der Waals surface area contributed by atoms with Crippen molar-refractivity contribution in [3.8, 4) is 55.6 Å². The zero-order chi connectivity index (χ0) is 29.3. The fraction of sp³-hybridized carbons (Fsp3) is 0. The first kappa shape index (κ1) is 25.9. The lowest BCUT2D eigenvalue weighted by Gasteiger charge is -2.20. The summed E-state index contributed by atoms with van der Waals surface area (Å²) in [5, 5.41) is 5.04. The van der Waals surface area contributed by atoms with Crippen molar-refractivity contribution in [1.29, 1.82) is 0 Å². The van der Waals surface area contributed by atoms with E-state index in [1.165, 1.54) is 77.2 Å². The lowest BCUT2D eigenvalue weighted by molar-refractivity contribution is 1.59. The van der Waals surface area contributed by atoms with Crippen molar-refractivity contribution in [3.05, 3.63) is 182 Å². The molecule has 0 aliphatic carbocycles. The molecule has 0 nitrogen and oxygen atoms in total. The van der Waals surface area contributed by atoms with Gasteiger partial charge in [0.25, 0.3) is 0 Å². The molecule has 206 valence electrons. The van der Waals surface area contributed by atoms with Crippen LogP contribution >= 0.6 is 0 Å². The SMILES string of the molecule is c1ccc(-c2ccc(-c3c4ccccc4c(-c4ccccc4-c4ccccc4)c4cc(-c5ccccc5)ccc34)cc2)cc1. The second-order valence-electron chi connectivity index (χ2n) is 11.3. The van der Waals surface area contributed by atoms with Gasteiger partial charge >= 0.3 is 0 Å². The summed E-state index contributed by atoms with van der Waals surface area (Å²) in [5.41, 5.74) is 12.4. The predicted molar refractivity (Wildman–Crippen MR) is 189 cm³/mol. The molecule has 0 heteroatoms. The summed E-state index contributed by atoms with van der Waals surface area (Å²) in [7, 11) is 0. The quantitative estimate of drug-likeness (QED) is 0.184. The van der Waals surface area contributed by atoms with Crippen molar-refractivity contribution in [2.24, 2.45) is 0 Å². The molecule has 44 heavy (non-hydrogen) atoms. The van der Waals surface area contributed by atoms with Gasteiger partial charge in [-0.1, -0.05) is 176 Å². The Balaban J connectivity index is 1.45. The van der Waals surface area contributed by atoms with Crippen molar-refractivity contribution in [2.45, 2.75) is 0 Å². The average Bonchev–Trinajstić information content (AvgIpc) is 3.11. The van der Waals surface area contributed by atoms with Crippen LogP contribution in [0, 0.1) is 0 Å². The van der Waals surface area contributed by atoms with Gasteiger partial charge in [0, 0.05) is 0 Å². The van der Waals surface area contributed by atoms with Crippen LogP contribution in [0.4, 0.5) is 0 Å². The molecule has 0 saturated heterocycles. The van der Waals surface area contributed by atoms with Crippen LogP contribution in [0.3, 0.4) is 0 Å². The molecule has 0 atom stereocenters. The molecule has 0 aliphatic heterocycles. The van der Waals surface area contributed by atoms with Gasteiger partial charge in [0.2, 0.25) is 0 Å². The Morgan fingerprint density at radius 2 is 0.614 bits per heavy atom. The summed E-state index contributed by atoms with van der Waals surface area (Å²) in [5.74, 6) is 0. The minimum atomic E-state index is 1.22. The molecule has 0 spiro atoms. The minimum Gasteiger partial charge on any atom is -0.0622 e. The third kappa shape index (κ3) is 4.58. The maximum absolute atomic E-state index is 2.40. The van der Waals surface area contributed by atoms with Crippen LogP contribution in [-0.2, 0) is 0 Å². The monoisotopic (exact) mass is 558 g/mol. The molecule has 0 saturated carbocycles. The second-order valence-corrected chi connectivity index (χ2v) is 11.3. The maximum Gasteiger partial charge on any atom is -0.00199 e. The highest BCUT2D eigenvalue weighted by molar-refractivity contribution is 6.23. The van der Waals surface area contributed by atoms with E-state index in [2.05, 4.69) is 182 Å². The van der Waals surface area contributed by atoms with Crippen molar-refractivity contribution < 1.29 is 0 Å². The summed E-state index contributed by atoms with van der Waals surface area (Å²) in [6.45, 7) is 0. The van der Waals surface area contributed by atoms with E-state index >= 15 is 0 Å². The Morgan fingerprint density at radius 1 is 0.205 bits per heavy atom. The first-order valence-electron chi connectivity index (χ1n) is 15.2. The van der Waals surface area contributed by atoms with Gasteiger partial charge in [-0.25, -0.2) is 0 Å². The zero-order valence-corrected chi connectivity index (χ0v) is 24.3. The second kappa shape index (κ2) is 11.2. The molecule has 0 amide bonds. The Kier molecular flexibility index (Phi) is 6.59. The van der Waals surface area contributed by atoms with Gasteiger partial charge in [-0.15, -0.1) is 0 Å². The number of hydrogen-bond donors (Lipinski definition) is 0. The van der Waals surface area contributed by atoms with Crippen LogP contribution in [0.25, 0.3) is 77.2 Å². The summed E-state index contributed by atoms with van der Waals surface area (Å²) in [6, 6.07) is 65.9. The molecule has 8 aromatic rings. The molecule has 0 heterocycles. The fourth-order valence-electron chi connectivity index (χ4n) is 6.62. The van der Waals surface area contributed by atoms with Crippen LogP contribution in [0.2, 0.25) is 0 Å². The van der Waals surface area contributed by atoms with Crippen LogP contribution in [-0.4, -0.2) is 0 Å². The van der Waals surface area contributed by atoms with E-state index in [9.17, 15) is 0 Å². The van der Waals surface area contributed by atoms with Crippen LogP contribution < -0.4 is 0 Å². The van der Waals surface area contributed by atoms with Crippen LogP contribution in [0.5, 0.6) is 0 Å². The molecule has 0 radical (unpaired) electrons. The zero-order valence-electron chi connectivity index (χ0n) is 24.3. The van der Waals surface area contributed by atoms with Gasteiger partial charge in [0.15, 0.2) is 0 Å². The number of fused-ring (bicyclic) bond motifs is 2. The maximum atomic E-state index is 2.40. The van der Waals surface area contributed by atoms with Gasteiger partial charge < -0.3 is 0 Å². The van der Waals surface area contributed by atoms with Gasteiger partial charge in [0.1, 0.15) is 0 Å². The average molecular weight is 559 g/mol. The van der Waals surface area contributed by atoms with Gasteiger partial charge in [-0.3, -0.25) is 0 Å². The molecular weight excluding hydrogens is 528 g/mol. The lowest BCUT2D eigenvalue weighted by atomic mass is 9.83. The third-order valence-electron chi connectivity index (χ3n) is 8.69. The van der Waals surface area contributed by atoms with Crippen molar-refractivity contribution in [2.75, 3.05) is 0 Å². The molecule has 8 aromatic carbocycles. The largest absolute Gasteiger partial charge is 0.0622 e. The third-order valence-corrected chi connectivity index (χ3v) is 8.69. The normalized spacial score (nSPS) is 11.2. The molecule has 0 unspecified atom stereocenters. The van der Waals surface area contributed by atoms with E-state index in [1.807, 2.05) is 0 Å². The summed E-state index contributed by atoms with van der Waals surface area (Å²) in [4.78, 5) is 0. The van der Waals surface area contributed by atoms with E-state index in [-0.39, 0.29) is 0 Å². The van der Waals surface area contributed by atoms with Crippen molar-refractivity contribution >= 4 is 21.5 Å². The topological polar surface area (TPSA) is 0 Å². The van der Waals surface area contributed by atoms with Gasteiger partial charge in [-0.2, -0.15) is 0 Å². The van der Waals surface area contributed by atoms with E-state index in [0.717, 1.165) is 0 Å². The van der Waals surface area contributed by atoms with Gasteiger partial charge in [0.05, 0.1) is 0 Å². The highest BCUT2D eigenvalue weighted by Crippen LogP contribution is 2.47. The Hall–Kier alpha value is -5.72. The Labute approximate surface area is 258 Å². The predicted octanol–water partition coefficient (Wildman–Crippen LogP) is 12.3. The Bertz CT molecular complexity index is 2230. The first-order chi connectivity index (χ1) is 21.8. The fourth-order valence-corrected chi connectivity index (χ4v) is 6.62. The Morgan fingerprint density at radius 3 is 1.25 bits per heavy atom. The smallest absolute Gasteiger partial charge is 0.00199 e.